The van der Waals surface area contributed by atoms with E-state index in [4.69, 9.17) is 0 Å². The number of aromatic nitrogens is 2. The van der Waals surface area contributed by atoms with Gasteiger partial charge in [-0.25, -0.2) is 0 Å². The molecule has 11 rings (SSSR count). The topological polar surface area (TPSA) is 9.86 Å². The van der Waals surface area contributed by atoms with E-state index in [2.05, 4.69) is 191 Å². The largest absolute Gasteiger partial charge is 0.309 e. The summed E-state index contributed by atoms with van der Waals surface area (Å²) < 4.78 is 7.54. The Balaban J connectivity index is 1.17. The lowest BCUT2D eigenvalue weighted by Crippen LogP contribution is -1.96. The quantitative estimate of drug-likeness (QED) is 0.177. The zero-order chi connectivity index (χ0) is 33.5. The summed E-state index contributed by atoms with van der Waals surface area (Å²) in [4.78, 5) is 0. The van der Waals surface area contributed by atoms with E-state index in [1.165, 1.54) is 86.0 Å². The summed E-state index contributed by atoms with van der Waals surface area (Å²) in [5.41, 5.74) is 12.1. The maximum absolute atomic E-state index is 2.45. The van der Waals surface area contributed by atoms with Crippen LogP contribution in [-0.2, 0) is 0 Å². The monoisotopic (exact) mass is 666 g/mol. The number of para-hydroxylation sites is 2. The fraction of sp³-hybridized carbons (Fsp3) is 0. The highest BCUT2D eigenvalue weighted by molar-refractivity contribution is 7.26. The fourth-order valence-electron chi connectivity index (χ4n) is 8.19. The third-order valence-electron chi connectivity index (χ3n) is 10.5. The minimum absolute atomic E-state index is 1.15. The van der Waals surface area contributed by atoms with Gasteiger partial charge >= 0.3 is 0 Å². The van der Waals surface area contributed by atoms with Crippen molar-refractivity contribution in [1.29, 1.82) is 0 Å². The van der Waals surface area contributed by atoms with Gasteiger partial charge in [-0.2, -0.15) is 0 Å². The molecule has 0 saturated heterocycles. The van der Waals surface area contributed by atoms with Crippen LogP contribution in [-0.4, -0.2) is 9.13 Å². The number of fused-ring (bicyclic) bond motifs is 9. The van der Waals surface area contributed by atoms with Crippen LogP contribution >= 0.6 is 11.3 Å². The smallest absolute Gasteiger partial charge is 0.0562 e. The van der Waals surface area contributed by atoms with Crippen molar-refractivity contribution in [3.8, 4) is 33.6 Å². The molecule has 2 nitrogen and oxygen atoms in total. The number of benzene rings is 8. The lowest BCUT2D eigenvalue weighted by atomic mass is 10.0. The Labute approximate surface area is 298 Å². The van der Waals surface area contributed by atoms with E-state index in [0.29, 0.717) is 0 Å². The molecule has 0 spiro atoms. The van der Waals surface area contributed by atoms with E-state index in [0.717, 1.165) is 11.4 Å². The number of hydrogen-bond acceptors (Lipinski definition) is 1. The summed E-state index contributed by atoms with van der Waals surface area (Å²) in [7, 11) is 0. The minimum Gasteiger partial charge on any atom is -0.309 e. The van der Waals surface area contributed by atoms with Gasteiger partial charge < -0.3 is 9.13 Å². The summed E-state index contributed by atoms with van der Waals surface area (Å²) in [6.07, 6.45) is 0. The highest BCUT2D eigenvalue weighted by atomic mass is 32.1. The first-order chi connectivity index (χ1) is 25.3. The van der Waals surface area contributed by atoms with E-state index in [1.807, 2.05) is 11.3 Å². The Bertz CT molecular complexity index is 3110. The maximum Gasteiger partial charge on any atom is 0.0562 e. The molecule has 11 aromatic rings. The molecule has 51 heavy (non-hydrogen) atoms. The Hall–Kier alpha value is -6.42. The van der Waals surface area contributed by atoms with Crippen LogP contribution in [0.1, 0.15) is 0 Å². The van der Waals surface area contributed by atoms with Crippen molar-refractivity contribution in [2.45, 2.75) is 0 Å². The van der Waals surface area contributed by atoms with Gasteiger partial charge in [-0.1, -0.05) is 121 Å². The second kappa shape index (κ2) is 11.0. The molecule has 3 aromatic heterocycles. The van der Waals surface area contributed by atoms with Gasteiger partial charge in [0.1, 0.15) is 0 Å². The lowest BCUT2D eigenvalue weighted by molar-refractivity contribution is 1.16. The Morgan fingerprint density at radius 1 is 0.314 bits per heavy atom. The number of rotatable bonds is 4. The number of nitrogens with zero attached hydrogens (tertiary/aromatic N) is 2. The predicted molar refractivity (Wildman–Crippen MR) is 219 cm³/mol. The number of hydrogen-bond donors (Lipinski definition) is 0. The van der Waals surface area contributed by atoms with Crippen molar-refractivity contribution in [3.05, 3.63) is 182 Å². The molecule has 0 unspecified atom stereocenters. The molecule has 0 aliphatic carbocycles. The number of thiophene rings is 1. The first-order valence-electron chi connectivity index (χ1n) is 17.4. The van der Waals surface area contributed by atoms with E-state index < -0.39 is 0 Å². The molecular formula is C48H30N2S. The summed E-state index contributed by atoms with van der Waals surface area (Å²) in [5, 5.41) is 7.69. The summed E-state index contributed by atoms with van der Waals surface area (Å²) in [6, 6.07) is 66.6. The molecule has 0 aliphatic heterocycles. The maximum atomic E-state index is 2.45. The molecule has 0 aliphatic rings. The van der Waals surface area contributed by atoms with Crippen LogP contribution < -0.4 is 0 Å². The molecule has 3 heterocycles. The Kier molecular flexibility index (Phi) is 6.16. The standard InChI is InChI=1S/C48H30N2S/c1-3-12-31(13-4-1)33-24-27-44-40(28-33)42-29-41-37-16-7-9-20-43(37)49(34-14-5-2-6-15-34)45(41)30-46(42)50(44)35-25-22-32(23-26-35)36-18-11-19-39-38-17-8-10-21-47(38)51-48(36)39/h1-30H. The van der Waals surface area contributed by atoms with Crippen molar-refractivity contribution >= 4 is 75.1 Å². The first kappa shape index (κ1) is 28.4. The van der Waals surface area contributed by atoms with Crippen molar-refractivity contribution < 1.29 is 0 Å². The van der Waals surface area contributed by atoms with Gasteiger partial charge in [0.15, 0.2) is 0 Å². The van der Waals surface area contributed by atoms with Crippen molar-refractivity contribution in [2.75, 3.05) is 0 Å². The molecule has 238 valence electrons. The summed E-state index contributed by atoms with van der Waals surface area (Å²) in [5.74, 6) is 0. The van der Waals surface area contributed by atoms with Crippen LogP contribution in [0.2, 0.25) is 0 Å². The van der Waals surface area contributed by atoms with Crippen LogP contribution in [0.15, 0.2) is 182 Å². The van der Waals surface area contributed by atoms with E-state index in [-0.39, 0.29) is 0 Å². The molecule has 0 fully saturated rings. The van der Waals surface area contributed by atoms with Crippen LogP contribution in [0, 0.1) is 0 Å². The second-order valence-corrected chi connectivity index (χ2v) is 14.4. The zero-order valence-electron chi connectivity index (χ0n) is 27.6. The van der Waals surface area contributed by atoms with Crippen molar-refractivity contribution in [2.24, 2.45) is 0 Å². The molecule has 0 atom stereocenters. The molecule has 0 radical (unpaired) electrons. The SMILES string of the molecule is c1ccc(-c2ccc3c(c2)c2cc4c5ccccc5n(-c5ccccc5)c4cc2n3-c2ccc(-c3cccc4c3sc3ccccc34)cc2)cc1. The molecule has 3 heteroatoms. The van der Waals surface area contributed by atoms with Crippen LogP contribution in [0.5, 0.6) is 0 Å². The molecule has 8 aromatic carbocycles. The third kappa shape index (κ3) is 4.29. The van der Waals surface area contributed by atoms with Gasteiger partial charge in [-0.15, -0.1) is 11.3 Å². The molecule has 0 amide bonds. The normalized spacial score (nSPS) is 11.9. The zero-order valence-corrected chi connectivity index (χ0v) is 28.4. The van der Waals surface area contributed by atoms with Gasteiger partial charge in [0, 0.05) is 53.1 Å². The van der Waals surface area contributed by atoms with Crippen molar-refractivity contribution in [1.82, 2.24) is 9.13 Å². The highest BCUT2D eigenvalue weighted by Gasteiger charge is 2.19. The second-order valence-electron chi connectivity index (χ2n) is 13.3. The molecule has 0 bridgehead atoms. The lowest BCUT2D eigenvalue weighted by Gasteiger charge is -2.11. The van der Waals surface area contributed by atoms with E-state index in [1.54, 1.807) is 0 Å². The first-order valence-corrected chi connectivity index (χ1v) is 18.3. The van der Waals surface area contributed by atoms with E-state index >= 15 is 0 Å². The molecular weight excluding hydrogens is 637 g/mol. The van der Waals surface area contributed by atoms with Gasteiger partial charge in [-0.05, 0) is 82.9 Å². The predicted octanol–water partition coefficient (Wildman–Crippen LogP) is 13.6. The van der Waals surface area contributed by atoms with Gasteiger partial charge in [-0.3, -0.25) is 0 Å². The Morgan fingerprint density at radius 3 is 1.71 bits per heavy atom. The van der Waals surface area contributed by atoms with Gasteiger partial charge in [0.05, 0.1) is 22.1 Å². The minimum atomic E-state index is 1.15. The van der Waals surface area contributed by atoms with E-state index in [9.17, 15) is 0 Å². The Morgan fingerprint density at radius 2 is 0.902 bits per heavy atom. The highest BCUT2D eigenvalue weighted by Crippen LogP contribution is 2.42. The molecule has 0 N–H and O–H groups in total. The van der Waals surface area contributed by atoms with Gasteiger partial charge in [0.25, 0.3) is 0 Å². The van der Waals surface area contributed by atoms with Gasteiger partial charge in [0.2, 0.25) is 0 Å². The average molecular weight is 667 g/mol. The van der Waals surface area contributed by atoms with Crippen LogP contribution in [0.25, 0.3) is 97.4 Å². The summed E-state index contributed by atoms with van der Waals surface area (Å²) in [6.45, 7) is 0. The third-order valence-corrected chi connectivity index (χ3v) is 11.7. The van der Waals surface area contributed by atoms with Crippen molar-refractivity contribution in [3.63, 3.8) is 0 Å². The average Bonchev–Trinajstić information content (AvgIpc) is 3.85. The van der Waals surface area contributed by atoms with Crippen LogP contribution in [0.4, 0.5) is 0 Å². The summed E-state index contributed by atoms with van der Waals surface area (Å²) >= 11 is 1.88. The van der Waals surface area contributed by atoms with Crippen LogP contribution in [0.3, 0.4) is 0 Å². The molecule has 0 saturated carbocycles. The fourth-order valence-corrected chi connectivity index (χ4v) is 9.43.